The third-order valence-corrected chi connectivity index (χ3v) is 3.43. The van der Waals surface area contributed by atoms with Crippen LogP contribution in [0, 0.1) is 19.5 Å². The van der Waals surface area contributed by atoms with Crippen LogP contribution in [0.15, 0.2) is 24.5 Å². The highest BCUT2D eigenvalue weighted by Gasteiger charge is 2.23. The van der Waals surface area contributed by atoms with E-state index in [1.165, 1.54) is 24.5 Å². The molecule has 0 aliphatic carbocycles. The molecule has 1 aromatic heterocycles. The third-order valence-electron chi connectivity index (χ3n) is 2.53. The van der Waals surface area contributed by atoms with Gasteiger partial charge >= 0.3 is 5.69 Å². The quantitative estimate of drug-likeness (QED) is 0.452. The lowest BCUT2D eigenvalue weighted by atomic mass is 10.3. The number of halogens is 2. The molecular formula is C12H11FIN5O2. The lowest BCUT2D eigenvalue weighted by molar-refractivity contribution is -0.383. The van der Waals surface area contributed by atoms with Crippen molar-refractivity contribution in [2.45, 2.75) is 6.92 Å². The summed E-state index contributed by atoms with van der Waals surface area (Å²) in [4.78, 5) is 18.4. The van der Waals surface area contributed by atoms with Crippen molar-refractivity contribution >= 4 is 45.6 Å². The predicted molar refractivity (Wildman–Crippen MR) is 85.2 cm³/mol. The first-order valence-corrected chi connectivity index (χ1v) is 7.06. The van der Waals surface area contributed by atoms with Crippen molar-refractivity contribution in [3.8, 4) is 0 Å². The Labute approximate surface area is 133 Å². The van der Waals surface area contributed by atoms with Crippen molar-refractivity contribution in [2.75, 3.05) is 17.2 Å². The lowest BCUT2D eigenvalue weighted by Gasteiger charge is -2.10. The molecule has 1 heterocycles. The van der Waals surface area contributed by atoms with Crippen molar-refractivity contribution in [1.29, 1.82) is 0 Å². The van der Waals surface area contributed by atoms with Crippen LogP contribution in [0.1, 0.15) is 6.92 Å². The third kappa shape index (κ3) is 3.54. The summed E-state index contributed by atoms with van der Waals surface area (Å²) in [6, 6.07) is 4.08. The van der Waals surface area contributed by atoms with Crippen LogP contribution in [0.4, 0.5) is 27.4 Å². The molecule has 21 heavy (non-hydrogen) atoms. The Morgan fingerprint density at radius 3 is 2.71 bits per heavy atom. The van der Waals surface area contributed by atoms with Crippen LogP contribution in [0.5, 0.6) is 0 Å². The molecule has 110 valence electrons. The molecule has 0 radical (unpaired) electrons. The van der Waals surface area contributed by atoms with Gasteiger partial charge in [-0.1, -0.05) is 0 Å². The Morgan fingerprint density at radius 2 is 2.10 bits per heavy atom. The van der Waals surface area contributed by atoms with Gasteiger partial charge in [-0.2, -0.15) is 0 Å². The summed E-state index contributed by atoms with van der Waals surface area (Å²) in [6.45, 7) is 2.30. The zero-order valence-electron chi connectivity index (χ0n) is 10.9. The van der Waals surface area contributed by atoms with Crippen molar-refractivity contribution in [3.63, 3.8) is 0 Å². The van der Waals surface area contributed by atoms with E-state index in [1.807, 2.05) is 29.5 Å². The molecular weight excluding hydrogens is 392 g/mol. The van der Waals surface area contributed by atoms with Gasteiger partial charge in [0, 0.05) is 10.1 Å². The average molecular weight is 403 g/mol. The maximum absolute atomic E-state index is 13.1. The van der Waals surface area contributed by atoms with Gasteiger partial charge in [-0.25, -0.2) is 14.4 Å². The maximum atomic E-state index is 13.1. The fourth-order valence-corrected chi connectivity index (χ4v) is 2.27. The molecule has 7 nitrogen and oxygen atoms in total. The largest absolute Gasteiger partial charge is 0.364 e. The predicted octanol–water partition coefficient (Wildman–Crippen LogP) is 3.30. The fourth-order valence-electron chi connectivity index (χ4n) is 1.66. The van der Waals surface area contributed by atoms with E-state index in [2.05, 4.69) is 20.6 Å². The van der Waals surface area contributed by atoms with Crippen LogP contribution in [0.25, 0.3) is 0 Å². The summed E-state index contributed by atoms with van der Waals surface area (Å²) >= 11 is 1.94. The smallest absolute Gasteiger partial charge is 0.353 e. The summed E-state index contributed by atoms with van der Waals surface area (Å²) in [7, 11) is 0. The standard InChI is InChI=1S/C12H11FIN5O2/c1-2-15-11-10(19(20)21)12(17-6-16-11)18-9-4-3-7(13)5-8(9)14/h3-6H,2H2,1H3,(H2,15,16,17,18). The zero-order chi connectivity index (χ0) is 15.4. The minimum absolute atomic E-state index is 0.0514. The van der Waals surface area contributed by atoms with Gasteiger partial charge in [0.2, 0.25) is 11.6 Å². The summed E-state index contributed by atoms with van der Waals surface area (Å²) in [5.74, 6) is -0.192. The van der Waals surface area contributed by atoms with Crippen LogP contribution >= 0.6 is 22.6 Å². The Balaban J connectivity index is 2.43. The molecule has 0 saturated carbocycles. The maximum Gasteiger partial charge on any atom is 0.353 e. The molecule has 0 spiro atoms. The molecule has 0 atom stereocenters. The highest BCUT2D eigenvalue weighted by Crippen LogP contribution is 2.32. The first-order chi connectivity index (χ1) is 10.0. The van der Waals surface area contributed by atoms with Gasteiger partial charge in [0.15, 0.2) is 0 Å². The number of benzene rings is 1. The molecule has 0 aliphatic rings. The van der Waals surface area contributed by atoms with Gasteiger partial charge in [-0.15, -0.1) is 0 Å². The van der Waals surface area contributed by atoms with Gasteiger partial charge in [0.25, 0.3) is 0 Å². The van der Waals surface area contributed by atoms with Gasteiger partial charge in [0.05, 0.1) is 10.6 Å². The molecule has 1 aromatic carbocycles. The SMILES string of the molecule is CCNc1ncnc(Nc2ccc(F)cc2I)c1[N+](=O)[O-]. The second-order valence-corrected chi connectivity index (χ2v) is 5.12. The highest BCUT2D eigenvalue weighted by molar-refractivity contribution is 14.1. The first kappa shape index (κ1) is 15.4. The van der Waals surface area contributed by atoms with Crippen LogP contribution in [0.2, 0.25) is 0 Å². The Hall–Kier alpha value is -2.04. The van der Waals surface area contributed by atoms with Crippen LogP contribution < -0.4 is 10.6 Å². The van der Waals surface area contributed by atoms with E-state index in [-0.39, 0.29) is 23.1 Å². The van der Waals surface area contributed by atoms with E-state index in [1.54, 1.807) is 0 Å². The van der Waals surface area contributed by atoms with E-state index in [0.29, 0.717) is 15.8 Å². The minimum Gasteiger partial charge on any atom is -0.364 e. The number of nitrogens with one attached hydrogen (secondary N) is 2. The first-order valence-electron chi connectivity index (χ1n) is 5.98. The minimum atomic E-state index is -0.559. The van der Waals surface area contributed by atoms with Gasteiger partial charge in [-0.05, 0) is 47.7 Å². The zero-order valence-corrected chi connectivity index (χ0v) is 13.1. The van der Waals surface area contributed by atoms with Gasteiger partial charge < -0.3 is 10.6 Å². The van der Waals surface area contributed by atoms with E-state index in [9.17, 15) is 14.5 Å². The lowest BCUT2D eigenvalue weighted by Crippen LogP contribution is -2.08. The molecule has 2 rings (SSSR count). The summed E-state index contributed by atoms with van der Waals surface area (Å²) < 4.78 is 13.7. The number of rotatable bonds is 5. The Bertz CT molecular complexity index is 683. The summed E-state index contributed by atoms with van der Waals surface area (Å²) in [6.07, 6.45) is 1.23. The van der Waals surface area contributed by atoms with Crippen molar-refractivity contribution in [2.24, 2.45) is 0 Å². The number of nitrogens with zero attached hydrogens (tertiary/aromatic N) is 3. The monoisotopic (exact) mass is 403 g/mol. The molecule has 0 amide bonds. The molecule has 0 fully saturated rings. The molecule has 0 bridgehead atoms. The van der Waals surface area contributed by atoms with Crippen molar-refractivity contribution in [3.05, 3.63) is 44.0 Å². The van der Waals surface area contributed by atoms with Gasteiger partial charge in [-0.3, -0.25) is 10.1 Å². The number of nitro groups is 1. The molecule has 2 N–H and O–H groups in total. The topological polar surface area (TPSA) is 93.0 Å². The molecule has 9 heteroatoms. The van der Waals surface area contributed by atoms with Crippen LogP contribution in [-0.4, -0.2) is 21.4 Å². The second kappa shape index (κ2) is 6.61. The van der Waals surface area contributed by atoms with E-state index < -0.39 is 4.92 Å². The molecule has 2 aromatic rings. The Kier molecular flexibility index (Phi) is 4.83. The fraction of sp³-hybridized carbons (Fsp3) is 0.167. The molecule has 0 unspecified atom stereocenters. The second-order valence-electron chi connectivity index (χ2n) is 3.96. The molecule has 0 aliphatic heterocycles. The highest BCUT2D eigenvalue weighted by atomic mass is 127. The van der Waals surface area contributed by atoms with Crippen LogP contribution in [0.3, 0.4) is 0 Å². The summed E-state index contributed by atoms with van der Waals surface area (Å²) in [5, 5.41) is 16.9. The average Bonchev–Trinajstić information content (AvgIpc) is 2.42. The Morgan fingerprint density at radius 1 is 1.38 bits per heavy atom. The normalized spacial score (nSPS) is 10.2. The van der Waals surface area contributed by atoms with Crippen molar-refractivity contribution in [1.82, 2.24) is 9.97 Å². The van der Waals surface area contributed by atoms with Crippen molar-refractivity contribution < 1.29 is 9.31 Å². The number of hydrogen-bond acceptors (Lipinski definition) is 6. The van der Waals surface area contributed by atoms with E-state index >= 15 is 0 Å². The number of aromatic nitrogens is 2. The van der Waals surface area contributed by atoms with E-state index in [0.717, 1.165) is 0 Å². The number of anilines is 3. The van der Waals surface area contributed by atoms with Crippen LogP contribution in [-0.2, 0) is 0 Å². The molecule has 0 saturated heterocycles. The number of hydrogen-bond donors (Lipinski definition) is 2. The van der Waals surface area contributed by atoms with E-state index in [4.69, 9.17) is 0 Å². The van der Waals surface area contributed by atoms with Gasteiger partial charge in [0.1, 0.15) is 12.1 Å². The summed E-state index contributed by atoms with van der Waals surface area (Å²) in [5.41, 5.74) is 0.278.